The molecule has 1 aromatic rings. The van der Waals surface area contributed by atoms with E-state index >= 15 is 0 Å². The Hall–Kier alpha value is 0.700. The average Bonchev–Trinajstić information content (AvgIpc) is 1.97. The van der Waals surface area contributed by atoms with Crippen LogP contribution in [0.2, 0.25) is 0 Å². The van der Waals surface area contributed by atoms with Crippen molar-refractivity contribution in [3.63, 3.8) is 0 Å². The molecule has 0 aromatic carbocycles. The first-order valence-corrected chi connectivity index (χ1v) is 5.48. The van der Waals surface area contributed by atoms with Gasteiger partial charge in [0.15, 0.2) is 0 Å². The van der Waals surface area contributed by atoms with E-state index in [-0.39, 0.29) is 10.2 Å². The Morgan fingerprint density at radius 1 is 1.42 bits per heavy atom. The number of hydrogen-bond acceptors (Lipinski definition) is 1. The first-order chi connectivity index (χ1) is 5.54. The van der Waals surface area contributed by atoms with Gasteiger partial charge in [-0.05, 0) is 54.5 Å². The smallest absolute Gasteiger partial charge is 0.248 e. The molecule has 0 saturated heterocycles. The maximum absolute atomic E-state index is 12.4. The van der Waals surface area contributed by atoms with Crippen LogP contribution in [0.1, 0.15) is 12.0 Å². The van der Waals surface area contributed by atoms with Gasteiger partial charge in [-0.1, -0.05) is 0 Å². The molecule has 0 bridgehead atoms. The van der Waals surface area contributed by atoms with Crippen LogP contribution in [0.25, 0.3) is 0 Å². The molecule has 0 aliphatic carbocycles. The molecule has 0 fully saturated rings. The van der Waals surface area contributed by atoms with Gasteiger partial charge < -0.3 is 0 Å². The molecule has 0 unspecified atom stereocenters. The van der Waals surface area contributed by atoms with Gasteiger partial charge in [-0.2, -0.15) is 0 Å². The normalized spacial score (nSPS) is 10.8. The maximum atomic E-state index is 12.4. The molecular formula is C6H2Br2F2IN. The number of halogens is 5. The van der Waals surface area contributed by atoms with Crippen LogP contribution in [0.15, 0.2) is 15.3 Å². The predicted octanol–water partition coefficient (Wildman–Crippen LogP) is 4.15. The summed E-state index contributed by atoms with van der Waals surface area (Å²) >= 11 is 7.94. The Morgan fingerprint density at radius 2 is 2.00 bits per heavy atom. The van der Waals surface area contributed by atoms with Crippen molar-refractivity contribution in [1.82, 2.24) is 4.98 Å². The summed E-state index contributed by atoms with van der Waals surface area (Å²) in [7, 11) is 0. The van der Waals surface area contributed by atoms with Gasteiger partial charge in [0.2, 0.25) is 0 Å². The lowest BCUT2D eigenvalue weighted by Crippen LogP contribution is -1.94. The molecule has 0 saturated carbocycles. The summed E-state index contributed by atoms with van der Waals surface area (Å²) in [6.07, 6.45) is -1.02. The van der Waals surface area contributed by atoms with Gasteiger partial charge >= 0.3 is 0 Å². The largest absolute Gasteiger partial charge is 0.267 e. The van der Waals surface area contributed by atoms with Crippen LogP contribution in [-0.4, -0.2) is 4.98 Å². The number of rotatable bonds is 1. The number of nitrogens with zero attached hydrogens (tertiary/aromatic N) is 1. The third-order valence-corrected chi connectivity index (χ3v) is 4.31. The lowest BCUT2D eigenvalue weighted by atomic mass is 10.3. The van der Waals surface area contributed by atoms with E-state index in [2.05, 4.69) is 36.8 Å². The van der Waals surface area contributed by atoms with Crippen LogP contribution >= 0.6 is 54.5 Å². The van der Waals surface area contributed by atoms with E-state index < -0.39 is 6.43 Å². The minimum Gasteiger partial charge on any atom is -0.248 e. The number of hydrogen-bond donors (Lipinski definition) is 0. The van der Waals surface area contributed by atoms with E-state index in [1.807, 2.05) is 22.6 Å². The zero-order valence-corrected chi connectivity index (χ0v) is 10.8. The van der Waals surface area contributed by atoms with E-state index in [0.29, 0.717) is 8.04 Å². The Labute approximate surface area is 98.3 Å². The van der Waals surface area contributed by atoms with Crippen molar-refractivity contribution in [3.05, 3.63) is 24.4 Å². The molecule has 0 amide bonds. The fourth-order valence-electron chi connectivity index (χ4n) is 0.645. The van der Waals surface area contributed by atoms with Crippen LogP contribution < -0.4 is 0 Å². The maximum Gasteiger partial charge on any atom is 0.267 e. The quantitative estimate of drug-likeness (QED) is 0.499. The second kappa shape index (κ2) is 4.28. The molecule has 0 atom stereocenters. The van der Waals surface area contributed by atoms with Crippen molar-refractivity contribution in [2.24, 2.45) is 0 Å². The van der Waals surface area contributed by atoms with E-state index in [4.69, 9.17) is 0 Å². The summed E-state index contributed by atoms with van der Waals surface area (Å²) in [5.74, 6) is 0. The molecule has 0 aliphatic rings. The van der Waals surface area contributed by atoms with Gasteiger partial charge in [0.05, 0.1) is 5.56 Å². The second-order valence-corrected chi connectivity index (χ2v) is 4.61. The van der Waals surface area contributed by atoms with E-state index in [1.54, 1.807) is 0 Å². The summed E-state index contributed by atoms with van der Waals surface area (Å²) in [4.78, 5) is 3.75. The van der Waals surface area contributed by atoms with Crippen LogP contribution in [0.3, 0.4) is 0 Å². The summed E-state index contributed by atoms with van der Waals surface area (Å²) in [5.41, 5.74) is -0.0648. The molecule has 1 aromatic heterocycles. The Bertz CT molecular complexity index is 306. The van der Waals surface area contributed by atoms with Crippen molar-refractivity contribution in [3.8, 4) is 0 Å². The predicted molar refractivity (Wildman–Crippen MR) is 57.3 cm³/mol. The van der Waals surface area contributed by atoms with E-state index in [1.165, 1.54) is 6.20 Å². The molecular weight excluding hydrogens is 411 g/mol. The zero-order valence-electron chi connectivity index (χ0n) is 5.49. The molecule has 1 heterocycles. The van der Waals surface area contributed by atoms with E-state index in [0.717, 1.165) is 0 Å². The Morgan fingerprint density at radius 3 is 2.42 bits per heavy atom. The zero-order chi connectivity index (χ0) is 9.30. The van der Waals surface area contributed by atoms with E-state index in [9.17, 15) is 8.78 Å². The fourth-order valence-corrected chi connectivity index (χ4v) is 2.43. The Kier molecular flexibility index (Phi) is 3.84. The van der Waals surface area contributed by atoms with Gasteiger partial charge in [-0.25, -0.2) is 13.8 Å². The van der Waals surface area contributed by atoms with Crippen LogP contribution in [0, 0.1) is 3.57 Å². The van der Waals surface area contributed by atoms with Gasteiger partial charge in [0, 0.05) is 14.2 Å². The molecule has 0 aliphatic heterocycles. The average molecular weight is 413 g/mol. The van der Waals surface area contributed by atoms with Crippen molar-refractivity contribution in [2.45, 2.75) is 6.43 Å². The molecule has 6 heteroatoms. The standard InChI is InChI=1S/C6H2Br2F2IN/c7-2-1-12-5(8)3(4(2)11)6(9)10/h1,6H. The Balaban J connectivity index is 3.33. The van der Waals surface area contributed by atoms with Gasteiger partial charge in [-0.3, -0.25) is 0 Å². The van der Waals surface area contributed by atoms with Gasteiger partial charge in [0.1, 0.15) is 4.60 Å². The van der Waals surface area contributed by atoms with Crippen molar-refractivity contribution in [1.29, 1.82) is 0 Å². The number of alkyl halides is 2. The summed E-state index contributed by atoms with van der Waals surface area (Å²) in [6, 6.07) is 0. The topological polar surface area (TPSA) is 12.9 Å². The fraction of sp³-hybridized carbons (Fsp3) is 0.167. The molecule has 0 N–H and O–H groups in total. The summed E-state index contributed by atoms with van der Waals surface area (Å²) in [5, 5.41) is 0. The summed E-state index contributed by atoms with van der Waals surface area (Å²) < 4.78 is 26.0. The first kappa shape index (κ1) is 10.8. The minimum absolute atomic E-state index is 0.0648. The van der Waals surface area contributed by atoms with Crippen LogP contribution in [0.4, 0.5) is 8.78 Å². The summed E-state index contributed by atoms with van der Waals surface area (Å²) in [6.45, 7) is 0. The number of aromatic nitrogens is 1. The third-order valence-electron chi connectivity index (χ3n) is 1.18. The molecule has 66 valence electrons. The van der Waals surface area contributed by atoms with Crippen LogP contribution in [-0.2, 0) is 0 Å². The van der Waals surface area contributed by atoms with Crippen LogP contribution in [0.5, 0.6) is 0 Å². The highest BCUT2D eigenvalue weighted by Crippen LogP contribution is 2.33. The SMILES string of the molecule is FC(F)c1c(Br)ncc(Br)c1I. The minimum atomic E-state index is -2.50. The molecule has 0 spiro atoms. The number of pyridine rings is 1. The lowest BCUT2D eigenvalue weighted by Gasteiger charge is -2.06. The highest BCUT2D eigenvalue weighted by Gasteiger charge is 2.18. The van der Waals surface area contributed by atoms with Gasteiger partial charge in [0.25, 0.3) is 6.43 Å². The monoisotopic (exact) mass is 411 g/mol. The molecule has 12 heavy (non-hydrogen) atoms. The first-order valence-electron chi connectivity index (χ1n) is 2.81. The second-order valence-electron chi connectivity index (χ2n) is 1.93. The highest BCUT2D eigenvalue weighted by atomic mass is 127. The molecule has 0 radical (unpaired) electrons. The highest BCUT2D eigenvalue weighted by molar-refractivity contribution is 14.1. The van der Waals surface area contributed by atoms with Gasteiger partial charge in [-0.15, -0.1) is 0 Å². The van der Waals surface area contributed by atoms with Crippen molar-refractivity contribution < 1.29 is 8.78 Å². The lowest BCUT2D eigenvalue weighted by molar-refractivity contribution is 0.149. The molecule has 1 nitrogen and oxygen atoms in total. The molecule has 1 rings (SSSR count). The third kappa shape index (κ3) is 2.14. The van der Waals surface area contributed by atoms with Crippen molar-refractivity contribution >= 4 is 54.5 Å². The van der Waals surface area contributed by atoms with Crippen molar-refractivity contribution in [2.75, 3.05) is 0 Å².